The quantitative estimate of drug-likeness (QED) is 0.570. The van der Waals surface area contributed by atoms with E-state index in [4.69, 9.17) is 5.41 Å². The second kappa shape index (κ2) is 6.63. The minimum absolute atomic E-state index is 1.07. The molecule has 0 unspecified atom stereocenters. The topological polar surface area (TPSA) is 25.6 Å². The third kappa shape index (κ3) is 3.12. The molecule has 3 rings (SSSR count). The Labute approximate surface area is 135 Å². The fraction of sp³-hybridized carbons (Fsp3) is 0.0500. The van der Waals surface area contributed by atoms with E-state index < -0.39 is 0 Å². The van der Waals surface area contributed by atoms with E-state index >= 15 is 0 Å². The molecule has 2 N–H and O–H groups in total. The van der Waals surface area contributed by atoms with Crippen LogP contribution in [0.1, 0.15) is 16.7 Å². The Kier molecular flexibility index (Phi) is 4.40. The molecule has 2 heteroatoms. The Bertz CT molecular complexity index is 832. The number of aryl methyl sites for hydroxylation is 1. The predicted molar refractivity (Wildman–Crippen MR) is 97.1 cm³/mol. The molecule has 0 aromatic heterocycles. The normalized spacial score (nSPS) is 11.1. The van der Waals surface area contributed by atoms with Crippen LogP contribution in [0.4, 0.5) is 0 Å². The maximum Gasteiger partial charge on any atom is 0.168 e. The van der Waals surface area contributed by atoms with Crippen molar-refractivity contribution in [2.24, 2.45) is 0 Å². The lowest BCUT2D eigenvalue weighted by molar-refractivity contribution is -0.104. The molecule has 108 valence electrons. The summed E-state index contributed by atoms with van der Waals surface area (Å²) in [5.74, 6) is 0. The third-order valence-electron chi connectivity index (χ3n) is 3.64. The molecule has 0 radical (unpaired) electrons. The zero-order valence-corrected chi connectivity index (χ0v) is 13.3. The number of rotatable bonds is 4. The molecule has 3 aromatic rings. The van der Waals surface area contributed by atoms with Crippen molar-refractivity contribution >= 4 is 34.8 Å². The van der Waals surface area contributed by atoms with Gasteiger partial charge in [-0.2, -0.15) is 0 Å². The largest absolute Gasteiger partial charge is 0.260 e. The first-order valence-corrected chi connectivity index (χ1v) is 8.12. The van der Waals surface area contributed by atoms with E-state index in [-0.39, 0.29) is 0 Å². The van der Waals surface area contributed by atoms with Gasteiger partial charge in [0.05, 0.1) is 0 Å². The first-order chi connectivity index (χ1) is 10.8. The summed E-state index contributed by atoms with van der Waals surface area (Å²) >= 11 is 1.73. The predicted octanol–water partition coefficient (Wildman–Crippen LogP) is 4.09. The summed E-state index contributed by atoms with van der Waals surface area (Å²) < 4.78 is 0. The molecule has 0 saturated heterocycles. The van der Waals surface area contributed by atoms with Gasteiger partial charge in [0.15, 0.2) is 6.21 Å². The second-order valence-corrected chi connectivity index (χ2v) is 6.17. The summed E-state index contributed by atoms with van der Waals surface area (Å²) in [4.78, 5) is 1.25. The number of thioether (sulfide) groups is 1. The van der Waals surface area contributed by atoms with E-state index in [9.17, 15) is 0 Å². The zero-order valence-electron chi connectivity index (χ0n) is 12.5. The fourth-order valence-electron chi connectivity index (χ4n) is 2.44. The third-order valence-corrected chi connectivity index (χ3v) is 4.46. The van der Waals surface area contributed by atoms with Crippen molar-refractivity contribution in [3.8, 4) is 0 Å². The fourth-order valence-corrected chi connectivity index (χ4v) is 3.10. The van der Waals surface area contributed by atoms with Crippen molar-refractivity contribution in [3.63, 3.8) is 0 Å². The summed E-state index contributed by atoms with van der Waals surface area (Å²) in [5, 5.41) is 10.3. The summed E-state index contributed by atoms with van der Waals surface area (Å²) in [6.45, 7) is 2.10. The molecule has 0 heterocycles. The molecule has 0 aliphatic carbocycles. The molecule has 1 nitrogen and oxygen atoms in total. The number of fused-ring (bicyclic) bond motifs is 1. The summed E-state index contributed by atoms with van der Waals surface area (Å²) in [5.41, 5.74) is 3.56. The number of benzene rings is 3. The Morgan fingerprint density at radius 2 is 1.45 bits per heavy atom. The van der Waals surface area contributed by atoms with Crippen LogP contribution in [0.15, 0.2) is 71.0 Å². The highest BCUT2D eigenvalue weighted by Crippen LogP contribution is 2.25. The lowest BCUT2D eigenvalue weighted by atomic mass is 10.0. The van der Waals surface area contributed by atoms with Gasteiger partial charge in [-0.1, -0.05) is 59.8 Å². The lowest BCUT2D eigenvalue weighted by Crippen LogP contribution is -2.30. The monoisotopic (exact) mass is 304 g/mol. The highest BCUT2D eigenvalue weighted by atomic mass is 32.2. The molecule has 0 saturated carbocycles. The standard InChI is InChI=1S/C20H17NS/c1-15-6-10-18(11-7-15)22-13-12-16-8-9-17(14-21)20-5-3-2-4-19(16)20/h2-14,21H,1H3/p+1/b13-12+,21-14?. The van der Waals surface area contributed by atoms with Crippen molar-refractivity contribution in [3.05, 3.63) is 82.8 Å². The van der Waals surface area contributed by atoms with Crippen LogP contribution in [0.3, 0.4) is 0 Å². The van der Waals surface area contributed by atoms with Crippen LogP contribution in [-0.2, 0) is 0 Å². The zero-order chi connectivity index (χ0) is 15.4. The van der Waals surface area contributed by atoms with Crippen LogP contribution in [0.25, 0.3) is 16.8 Å². The van der Waals surface area contributed by atoms with Crippen molar-refractivity contribution in [2.75, 3.05) is 0 Å². The molecule has 22 heavy (non-hydrogen) atoms. The van der Waals surface area contributed by atoms with E-state index in [1.807, 2.05) is 6.07 Å². The minimum Gasteiger partial charge on any atom is -0.260 e. The first-order valence-electron chi connectivity index (χ1n) is 7.24. The van der Waals surface area contributed by atoms with Crippen LogP contribution in [0, 0.1) is 6.92 Å². The van der Waals surface area contributed by atoms with Gasteiger partial charge in [-0.3, -0.25) is 5.41 Å². The van der Waals surface area contributed by atoms with Gasteiger partial charge in [0.25, 0.3) is 0 Å². The van der Waals surface area contributed by atoms with E-state index in [2.05, 4.69) is 73.0 Å². The molecule has 0 aliphatic heterocycles. The van der Waals surface area contributed by atoms with Crippen LogP contribution >= 0.6 is 11.8 Å². The van der Waals surface area contributed by atoms with E-state index in [1.165, 1.54) is 26.8 Å². The minimum atomic E-state index is 1.07. The average molecular weight is 304 g/mol. The van der Waals surface area contributed by atoms with Crippen molar-refractivity contribution in [1.29, 1.82) is 0 Å². The Balaban J connectivity index is 1.89. The molecule has 0 fully saturated rings. The lowest BCUT2D eigenvalue weighted by Gasteiger charge is -2.04. The van der Waals surface area contributed by atoms with E-state index in [0.29, 0.717) is 0 Å². The van der Waals surface area contributed by atoms with Gasteiger partial charge in [-0.15, -0.1) is 0 Å². The van der Waals surface area contributed by atoms with Gasteiger partial charge in [0, 0.05) is 10.5 Å². The van der Waals surface area contributed by atoms with Gasteiger partial charge in [-0.05, 0) is 52.9 Å². The first kappa shape index (κ1) is 14.6. The molecule has 0 bridgehead atoms. The van der Waals surface area contributed by atoms with Crippen LogP contribution in [0.2, 0.25) is 0 Å². The average Bonchev–Trinajstić information content (AvgIpc) is 2.57. The molecule has 0 spiro atoms. The van der Waals surface area contributed by atoms with Gasteiger partial charge in [0.2, 0.25) is 0 Å². The maximum absolute atomic E-state index is 5.71. The maximum atomic E-state index is 5.71. The SMILES string of the molecule is Cc1ccc(S/C=C/c2ccc(C=[NH2+])c3ccccc23)cc1. The highest BCUT2D eigenvalue weighted by Gasteiger charge is 2.03. The molecule has 3 aromatic carbocycles. The van der Waals surface area contributed by atoms with Crippen LogP contribution in [-0.4, -0.2) is 6.21 Å². The van der Waals surface area contributed by atoms with Crippen molar-refractivity contribution in [2.45, 2.75) is 11.8 Å². The number of hydrogen-bond acceptors (Lipinski definition) is 1. The number of nitrogens with two attached hydrogens (primary N) is 1. The summed E-state index contributed by atoms with van der Waals surface area (Å²) in [6.07, 6.45) is 3.82. The highest BCUT2D eigenvalue weighted by molar-refractivity contribution is 8.02. The van der Waals surface area contributed by atoms with E-state index in [0.717, 1.165) is 5.56 Å². The molecule has 0 atom stereocenters. The Hall–Kier alpha value is -2.32. The smallest absolute Gasteiger partial charge is 0.168 e. The van der Waals surface area contributed by atoms with Crippen molar-refractivity contribution in [1.82, 2.24) is 0 Å². The summed E-state index contributed by atoms with van der Waals surface area (Å²) in [6, 6.07) is 21.1. The van der Waals surface area contributed by atoms with Gasteiger partial charge in [0.1, 0.15) is 0 Å². The van der Waals surface area contributed by atoms with Crippen LogP contribution in [0.5, 0.6) is 0 Å². The van der Waals surface area contributed by atoms with E-state index in [1.54, 1.807) is 18.0 Å². The molecule has 0 aliphatic rings. The van der Waals surface area contributed by atoms with Crippen molar-refractivity contribution < 1.29 is 5.41 Å². The van der Waals surface area contributed by atoms with Gasteiger partial charge >= 0.3 is 0 Å². The molecule has 0 amide bonds. The Morgan fingerprint density at radius 3 is 2.14 bits per heavy atom. The molecular weight excluding hydrogens is 286 g/mol. The number of hydrogen-bond donors (Lipinski definition) is 1. The Morgan fingerprint density at radius 1 is 0.818 bits per heavy atom. The van der Waals surface area contributed by atoms with Gasteiger partial charge in [-0.25, -0.2) is 0 Å². The summed E-state index contributed by atoms with van der Waals surface area (Å²) in [7, 11) is 0. The van der Waals surface area contributed by atoms with Crippen LogP contribution < -0.4 is 5.41 Å². The second-order valence-electron chi connectivity index (χ2n) is 5.19. The molecular formula is C20H18NS+. The van der Waals surface area contributed by atoms with Gasteiger partial charge < -0.3 is 0 Å².